The van der Waals surface area contributed by atoms with Gasteiger partial charge in [-0.3, -0.25) is 0 Å². The molecule has 61 heavy (non-hydrogen) atoms. The Labute approximate surface area is 365 Å². The Balaban J connectivity index is 0.000000223. The van der Waals surface area contributed by atoms with Crippen molar-refractivity contribution in [2.24, 2.45) is 23.7 Å². The number of hydrogen-bond donors (Lipinski definition) is 2. The average molecular weight is 855 g/mol. The summed E-state index contributed by atoms with van der Waals surface area (Å²) in [5, 5.41) is 18.7. The van der Waals surface area contributed by atoms with Crippen molar-refractivity contribution in [3.05, 3.63) is 46.5 Å². The van der Waals surface area contributed by atoms with Crippen LogP contribution in [0.2, 0.25) is 0 Å². The molecule has 2 saturated carbocycles. The Morgan fingerprint density at radius 2 is 1.08 bits per heavy atom. The summed E-state index contributed by atoms with van der Waals surface area (Å²) in [6.07, 6.45) is 35.2. The third kappa shape index (κ3) is 14.8. The number of aliphatic hydroxyl groups excluding tert-OH is 1. The summed E-state index contributed by atoms with van der Waals surface area (Å²) in [5.41, 5.74) is 1.23. The zero-order chi connectivity index (χ0) is 44.3. The van der Waals surface area contributed by atoms with E-state index in [-0.39, 0.29) is 35.4 Å². The van der Waals surface area contributed by atoms with E-state index in [2.05, 4.69) is 39.5 Å². The van der Waals surface area contributed by atoms with Crippen LogP contribution in [0, 0.1) is 71.6 Å². The van der Waals surface area contributed by atoms with Gasteiger partial charge in [-0.1, -0.05) is 117 Å². The van der Waals surface area contributed by atoms with Gasteiger partial charge in [0.25, 0.3) is 0 Å². The molecule has 4 unspecified atom stereocenters. The minimum absolute atomic E-state index is 0.0157. The highest BCUT2D eigenvalue weighted by Crippen LogP contribution is 2.41. The first kappa shape index (κ1) is 50.1. The summed E-state index contributed by atoms with van der Waals surface area (Å²) in [6.45, 7) is 8.72. The number of terminal acetylenes is 2. The van der Waals surface area contributed by atoms with Crippen LogP contribution in [0.3, 0.4) is 0 Å². The molecule has 9 heteroatoms. The normalized spacial score (nSPS) is 24.0. The quantitative estimate of drug-likeness (QED) is 0.100. The van der Waals surface area contributed by atoms with Gasteiger partial charge in [0.1, 0.15) is 6.10 Å². The number of hydrogen-bond acceptors (Lipinski definition) is 5. The first-order chi connectivity index (χ1) is 29.5. The first-order valence-electron chi connectivity index (χ1n) is 23.8. The summed E-state index contributed by atoms with van der Waals surface area (Å²) in [4.78, 5) is 0. The molecule has 0 aromatic heterocycles. The second-order valence-electron chi connectivity index (χ2n) is 18.0. The SMILES string of the molecule is C#CC(O)C1CCC(CCC)CC1.C#CC(Oc1cc2c(c(F)c1F)OC(CCCCC)CC2)C1CCC(CCC)CC1.CCCCCC1CCc2cc(O)c(F)c(F)c2O1. The van der Waals surface area contributed by atoms with Gasteiger partial charge in [-0.2, -0.15) is 17.6 Å². The fourth-order valence-corrected chi connectivity index (χ4v) is 9.66. The van der Waals surface area contributed by atoms with E-state index in [1.165, 1.54) is 44.6 Å². The molecule has 4 aliphatic rings. The van der Waals surface area contributed by atoms with Crippen LogP contribution in [-0.2, 0) is 12.8 Å². The number of aliphatic hydroxyl groups is 1. The van der Waals surface area contributed by atoms with Crippen molar-refractivity contribution in [2.75, 3.05) is 0 Å². The van der Waals surface area contributed by atoms with Crippen LogP contribution in [0.1, 0.15) is 180 Å². The number of unbranched alkanes of at least 4 members (excludes halogenated alkanes) is 4. The number of phenols is 1. The van der Waals surface area contributed by atoms with Gasteiger partial charge in [-0.15, -0.1) is 12.8 Å². The van der Waals surface area contributed by atoms with Crippen LogP contribution in [0.15, 0.2) is 12.1 Å². The Hall–Kier alpha value is -3.56. The molecule has 2 N–H and O–H groups in total. The molecule has 340 valence electrons. The Morgan fingerprint density at radius 1 is 0.607 bits per heavy atom. The van der Waals surface area contributed by atoms with Gasteiger partial charge >= 0.3 is 0 Å². The standard InChI is InChI=1S/C26H36F2O2.C14H18F2O2.C12H20O/c1-4-7-8-10-21-16-15-20-17-23(24(27)25(28)26(20)29-21)30-22(6-3)19-13-11-18(9-5-2)12-14-19;1-2-3-4-5-10-7-6-9-8-11(17)12(15)13(16)14(9)18-10;1-3-5-10-6-8-11(9-7-10)12(13)4-2/h3,17-19,21-22H,4-5,7-16H2,1-2H3;8,10,17H,2-7H2,1H3;2,10-13H,3,5-9H2,1H3. The monoisotopic (exact) mass is 855 g/mol. The Morgan fingerprint density at radius 3 is 1.54 bits per heavy atom. The molecule has 5 nitrogen and oxygen atoms in total. The number of aryl methyl sites for hydroxylation is 2. The molecule has 4 atom stereocenters. The lowest BCUT2D eigenvalue weighted by molar-refractivity contribution is 0.115. The van der Waals surface area contributed by atoms with Crippen LogP contribution < -0.4 is 14.2 Å². The molecule has 2 aromatic carbocycles. The maximum atomic E-state index is 14.8. The largest absolute Gasteiger partial charge is 0.505 e. The zero-order valence-corrected chi connectivity index (χ0v) is 37.5. The van der Waals surface area contributed by atoms with E-state index >= 15 is 0 Å². The lowest BCUT2D eigenvalue weighted by atomic mass is 9.78. The Kier molecular flexibility index (Phi) is 21.5. The summed E-state index contributed by atoms with van der Waals surface area (Å²) in [7, 11) is 0. The first-order valence-corrected chi connectivity index (χ1v) is 23.8. The number of halogens is 4. The van der Waals surface area contributed by atoms with Gasteiger partial charge in [-0.05, 0) is 107 Å². The number of rotatable bonds is 16. The zero-order valence-electron chi connectivity index (χ0n) is 37.5. The van der Waals surface area contributed by atoms with Gasteiger partial charge < -0.3 is 24.4 Å². The highest BCUT2D eigenvalue weighted by molar-refractivity contribution is 5.45. The van der Waals surface area contributed by atoms with Crippen molar-refractivity contribution in [1.82, 2.24) is 0 Å². The molecule has 2 aliphatic carbocycles. The topological polar surface area (TPSA) is 68.2 Å². The van der Waals surface area contributed by atoms with E-state index in [9.17, 15) is 27.8 Å². The second-order valence-corrected chi connectivity index (χ2v) is 18.0. The third-order valence-electron chi connectivity index (χ3n) is 13.4. The van der Waals surface area contributed by atoms with Crippen LogP contribution in [0.5, 0.6) is 23.0 Å². The molecule has 0 amide bonds. The molecular weight excluding hydrogens is 781 g/mol. The molecule has 0 radical (unpaired) electrons. The maximum absolute atomic E-state index is 14.8. The van der Waals surface area contributed by atoms with Crippen molar-refractivity contribution in [3.8, 4) is 47.7 Å². The minimum atomic E-state index is -1.22. The second kappa shape index (κ2) is 26.2. The van der Waals surface area contributed by atoms with E-state index in [4.69, 9.17) is 27.1 Å². The van der Waals surface area contributed by atoms with E-state index in [0.717, 1.165) is 115 Å². The average Bonchev–Trinajstić information content (AvgIpc) is 3.28. The third-order valence-corrected chi connectivity index (χ3v) is 13.4. The van der Waals surface area contributed by atoms with Crippen molar-refractivity contribution < 1.29 is 42.0 Å². The van der Waals surface area contributed by atoms with Gasteiger partial charge in [0.05, 0.1) is 12.2 Å². The minimum Gasteiger partial charge on any atom is -0.505 e. The molecule has 0 bridgehead atoms. The number of fused-ring (bicyclic) bond motifs is 2. The Bertz CT molecular complexity index is 1700. The van der Waals surface area contributed by atoms with Gasteiger partial charge in [-0.25, -0.2) is 0 Å². The van der Waals surface area contributed by atoms with Crippen LogP contribution >= 0.6 is 0 Å². The van der Waals surface area contributed by atoms with E-state index in [1.807, 2.05) is 0 Å². The van der Waals surface area contributed by atoms with Crippen molar-refractivity contribution in [3.63, 3.8) is 0 Å². The van der Waals surface area contributed by atoms with E-state index in [0.29, 0.717) is 29.9 Å². The van der Waals surface area contributed by atoms with Crippen LogP contribution in [-0.4, -0.2) is 34.6 Å². The summed E-state index contributed by atoms with van der Waals surface area (Å²) >= 11 is 0. The number of aromatic hydroxyl groups is 1. The van der Waals surface area contributed by atoms with E-state index < -0.39 is 41.2 Å². The molecule has 0 saturated heterocycles. The number of phenolic OH excluding ortho intramolecular Hbond substituents is 1. The van der Waals surface area contributed by atoms with Gasteiger partial charge in [0.15, 0.2) is 29.1 Å². The molecule has 6 rings (SSSR count). The molecule has 2 fully saturated rings. The predicted octanol–water partition coefficient (Wildman–Crippen LogP) is 13.8. The van der Waals surface area contributed by atoms with E-state index in [1.54, 1.807) is 6.07 Å². The fourth-order valence-electron chi connectivity index (χ4n) is 9.66. The van der Waals surface area contributed by atoms with Gasteiger partial charge in [0, 0.05) is 17.0 Å². The van der Waals surface area contributed by atoms with Crippen molar-refractivity contribution in [2.45, 2.75) is 206 Å². The molecule has 2 aromatic rings. The predicted molar refractivity (Wildman–Crippen MR) is 237 cm³/mol. The summed E-state index contributed by atoms with van der Waals surface area (Å²) < 4.78 is 73.7. The molecular formula is C52H74F4O5. The summed E-state index contributed by atoms with van der Waals surface area (Å²) in [6, 6.07) is 2.86. The van der Waals surface area contributed by atoms with Crippen molar-refractivity contribution in [1.29, 1.82) is 0 Å². The molecule has 0 spiro atoms. The van der Waals surface area contributed by atoms with Crippen molar-refractivity contribution >= 4 is 0 Å². The lowest BCUT2D eigenvalue weighted by Crippen LogP contribution is -2.30. The van der Waals surface area contributed by atoms with Crippen LogP contribution in [0.25, 0.3) is 0 Å². The smallest absolute Gasteiger partial charge is 0.204 e. The highest BCUT2D eigenvalue weighted by Gasteiger charge is 2.32. The molecule has 2 heterocycles. The fraction of sp³-hybridized carbons (Fsp3) is 0.692. The maximum Gasteiger partial charge on any atom is 0.204 e. The number of benzene rings is 2. The van der Waals surface area contributed by atoms with Gasteiger partial charge in [0.2, 0.25) is 23.3 Å². The number of ether oxygens (including phenoxy) is 3. The molecule has 2 aliphatic heterocycles. The summed E-state index contributed by atoms with van der Waals surface area (Å²) in [5.74, 6) is 2.47. The lowest BCUT2D eigenvalue weighted by Gasteiger charge is -2.32. The highest BCUT2D eigenvalue weighted by atomic mass is 19.2. The van der Waals surface area contributed by atoms with Crippen LogP contribution in [0.4, 0.5) is 17.6 Å².